The zero-order valence-electron chi connectivity index (χ0n) is 19.2. The van der Waals surface area contributed by atoms with Crippen LogP contribution in [0.5, 0.6) is 0 Å². The maximum Gasteiger partial charge on any atom is 0.259 e. The number of hydrogen-bond acceptors (Lipinski definition) is 7. The molecule has 0 bridgehead atoms. The van der Waals surface area contributed by atoms with Crippen LogP contribution in [0.1, 0.15) is 42.5 Å². The van der Waals surface area contributed by atoms with E-state index in [0.717, 1.165) is 21.7 Å². The van der Waals surface area contributed by atoms with Crippen molar-refractivity contribution >= 4 is 45.1 Å². The number of aromatic amines is 1. The Labute approximate surface area is 196 Å². The molecule has 8 nitrogen and oxygen atoms in total. The first kappa shape index (κ1) is 24.7. The number of H-pyrrole nitrogens is 1. The number of piperidine rings is 1. The third kappa shape index (κ3) is 5.90. The number of carbonyl (C=O) groups excluding carboxylic acids is 2. The van der Waals surface area contributed by atoms with Gasteiger partial charge in [0.2, 0.25) is 11.8 Å². The zero-order chi connectivity index (χ0) is 23.3. The SMILES string of the molecule is COCCCNC(=O)C1CCN(C(=O)C(C)SCc2nc3sc(C)c(C)c3c(=O)[nH]2)CC1. The molecule has 2 amide bonds. The average molecular weight is 481 g/mol. The lowest BCUT2D eigenvalue weighted by Gasteiger charge is -2.33. The third-order valence-electron chi connectivity index (χ3n) is 5.91. The molecule has 0 aromatic carbocycles. The number of nitrogens with one attached hydrogen (secondary N) is 2. The molecule has 3 rings (SSSR count). The first-order valence-electron chi connectivity index (χ1n) is 11.0. The average Bonchev–Trinajstić information content (AvgIpc) is 3.08. The van der Waals surface area contributed by atoms with Gasteiger partial charge in [0.1, 0.15) is 10.7 Å². The monoisotopic (exact) mass is 480 g/mol. The number of likely N-dealkylation sites (tertiary alicyclic amines) is 1. The Kier molecular flexibility index (Phi) is 8.72. The molecule has 10 heteroatoms. The van der Waals surface area contributed by atoms with Crippen molar-refractivity contribution in [2.45, 2.75) is 51.0 Å². The predicted octanol–water partition coefficient (Wildman–Crippen LogP) is 2.61. The summed E-state index contributed by atoms with van der Waals surface area (Å²) in [7, 11) is 1.65. The second kappa shape index (κ2) is 11.3. The quantitative estimate of drug-likeness (QED) is 0.535. The predicted molar refractivity (Wildman–Crippen MR) is 129 cm³/mol. The van der Waals surface area contributed by atoms with Crippen LogP contribution >= 0.6 is 23.1 Å². The summed E-state index contributed by atoms with van der Waals surface area (Å²) in [6, 6.07) is 0. The highest BCUT2D eigenvalue weighted by atomic mass is 32.2. The molecular formula is C22H32N4O4S2. The van der Waals surface area contributed by atoms with Gasteiger partial charge in [-0.3, -0.25) is 14.4 Å². The molecule has 32 heavy (non-hydrogen) atoms. The number of fused-ring (bicyclic) bond motifs is 1. The molecule has 2 aromatic heterocycles. The van der Waals surface area contributed by atoms with Crippen LogP contribution in [-0.4, -0.2) is 65.3 Å². The molecule has 1 aliphatic heterocycles. The van der Waals surface area contributed by atoms with Crippen molar-refractivity contribution in [1.82, 2.24) is 20.2 Å². The molecular weight excluding hydrogens is 448 g/mol. The summed E-state index contributed by atoms with van der Waals surface area (Å²) in [5.41, 5.74) is 0.863. The molecule has 2 aromatic rings. The normalized spacial score (nSPS) is 15.8. The summed E-state index contributed by atoms with van der Waals surface area (Å²) in [6.07, 6.45) is 2.16. The van der Waals surface area contributed by atoms with E-state index < -0.39 is 0 Å². The fourth-order valence-electron chi connectivity index (χ4n) is 3.83. The maximum atomic E-state index is 12.9. The van der Waals surface area contributed by atoms with E-state index in [0.29, 0.717) is 56.0 Å². The Morgan fingerprint density at radius 3 is 2.75 bits per heavy atom. The van der Waals surface area contributed by atoms with Crippen LogP contribution in [0.3, 0.4) is 0 Å². The summed E-state index contributed by atoms with van der Waals surface area (Å²) in [6.45, 7) is 8.25. The molecule has 3 heterocycles. The van der Waals surface area contributed by atoms with E-state index in [2.05, 4.69) is 15.3 Å². The number of thioether (sulfide) groups is 1. The molecule has 2 N–H and O–H groups in total. The lowest BCUT2D eigenvalue weighted by Crippen LogP contribution is -2.45. The Morgan fingerprint density at radius 2 is 2.06 bits per heavy atom. The molecule has 1 aliphatic rings. The molecule has 176 valence electrons. The fourth-order valence-corrected chi connectivity index (χ4v) is 5.72. The van der Waals surface area contributed by atoms with Crippen LogP contribution in [0.25, 0.3) is 10.2 Å². The number of methoxy groups -OCH3 is 1. The van der Waals surface area contributed by atoms with Gasteiger partial charge in [-0.2, -0.15) is 0 Å². The molecule has 0 spiro atoms. The summed E-state index contributed by atoms with van der Waals surface area (Å²) in [4.78, 5) is 48.7. The Bertz CT molecular complexity index is 1010. The van der Waals surface area contributed by atoms with Crippen LogP contribution in [0.15, 0.2) is 4.79 Å². The van der Waals surface area contributed by atoms with E-state index in [9.17, 15) is 14.4 Å². The van der Waals surface area contributed by atoms with E-state index in [-0.39, 0.29) is 28.5 Å². The Hall–Kier alpha value is -1.91. The van der Waals surface area contributed by atoms with Crippen LogP contribution in [0.2, 0.25) is 0 Å². The van der Waals surface area contributed by atoms with Crippen molar-refractivity contribution in [2.24, 2.45) is 5.92 Å². The summed E-state index contributed by atoms with van der Waals surface area (Å²) in [5, 5.41) is 3.37. The van der Waals surface area contributed by atoms with Gasteiger partial charge in [-0.25, -0.2) is 4.98 Å². The van der Waals surface area contributed by atoms with Gasteiger partial charge in [-0.15, -0.1) is 23.1 Å². The van der Waals surface area contributed by atoms with Crippen molar-refractivity contribution < 1.29 is 14.3 Å². The summed E-state index contributed by atoms with van der Waals surface area (Å²) < 4.78 is 4.99. The first-order valence-corrected chi connectivity index (χ1v) is 12.8. The highest BCUT2D eigenvalue weighted by Gasteiger charge is 2.29. The molecule has 1 atom stereocenters. The third-order valence-corrected chi connectivity index (χ3v) is 8.15. The molecule has 1 fully saturated rings. The minimum Gasteiger partial charge on any atom is -0.385 e. The smallest absolute Gasteiger partial charge is 0.259 e. The largest absolute Gasteiger partial charge is 0.385 e. The van der Waals surface area contributed by atoms with Crippen molar-refractivity contribution in [3.8, 4) is 0 Å². The second-order valence-corrected chi connectivity index (χ2v) is 10.7. The number of nitrogens with zero attached hydrogens (tertiary/aromatic N) is 2. The van der Waals surface area contributed by atoms with Crippen LogP contribution in [0.4, 0.5) is 0 Å². The first-order chi connectivity index (χ1) is 15.3. The number of aromatic nitrogens is 2. The Balaban J connectivity index is 1.48. The van der Waals surface area contributed by atoms with Gasteiger partial charge in [-0.1, -0.05) is 0 Å². The van der Waals surface area contributed by atoms with Crippen molar-refractivity contribution in [3.05, 3.63) is 26.6 Å². The van der Waals surface area contributed by atoms with Gasteiger partial charge < -0.3 is 19.9 Å². The molecule has 1 unspecified atom stereocenters. The summed E-state index contributed by atoms with van der Waals surface area (Å²) in [5.74, 6) is 1.16. The number of thiophene rings is 1. The number of rotatable bonds is 9. The minimum atomic E-state index is -0.248. The van der Waals surface area contributed by atoms with Gasteiger partial charge in [0.05, 0.1) is 16.4 Å². The van der Waals surface area contributed by atoms with Gasteiger partial charge >= 0.3 is 0 Å². The molecule has 0 saturated carbocycles. The highest BCUT2D eigenvalue weighted by Crippen LogP contribution is 2.27. The summed E-state index contributed by atoms with van der Waals surface area (Å²) >= 11 is 3.00. The lowest BCUT2D eigenvalue weighted by atomic mass is 9.95. The van der Waals surface area contributed by atoms with Gasteiger partial charge in [-0.05, 0) is 45.6 Å². The number of aryl methyl sites for hydroxylation is 2. The zero-order valence-corrected chi connectivity index (χ0v) is 20.8. The number of hydrogen-bond donors (Lipinski definition) is 2. The van der Waals surface area contributed by atoms with E-state index >= 15 is 0 Å². The van der Waals surface area contributed by atoms with Gasteiger partial charge in [0.15, 0.2) is 0 Å². The van der Waals surface area contributed by atoms with Crippen LogP contribution in [0, 0.1) is 19.8 Å². The fraction of sp³-hybridized carbons (Fsp3) is 0.636. The Morgan fingerprint density at radius 1 is 1.34 bits per heavy atom. The highest BCUT2D eigenvalue weighted by molar-refractivity contribution is 7.99. The van der Waals surface area contributed by atoms with Gasteiger partial charge in [0.25, 0.3) is 5.56 Å². The van der Waals surface area contributed by atoms with E-state index in [1.807, 2.05) is 25.7 Å². The van der Waals surface area contributed by atoms with Crippen molar-refractivity contribution in [3.63, 3.8) is 0 Å². The molecule has 0 radical (unpaired) electrons. The minimum absolute atomic E-state index is 0.0386. The van der Waals surface area contributed by atoms with Crippen molar-refractivity contribution in [1.29, 1.82) is 0 Å². The van der Waals surface area contributed by atoms with E-state index in [1.54, 1.807) is 7.11 Å². The van der Waals surface area contributed by atoms with Gasteiger partial charge in [0, 0.05) is 44.1 Å². The second-order valence-electron chi connectivity index (χ2n) is 8.17. The van der Waals surface area contributed by atoms with Crippen molar-refractivity contribution in [2.75, 3.05) is 33.4 Å². The van der Waals surface area contributed by atoms with E-state index in [1.165, 1.54) is 23.1 Å². The molecule has 0 aliphatic carbocycles. The lowest BCUT2D eigenvalue weighted by molar-refractivity contribution is -0.135. The van der Waals surface area contributed by atoms with Crippen LogP contribution in [-0.2, 0) is 20.1 Å². The number of ether oxygens (including phenoxy) is 1. The maximum absolute atomic E-state index is 12.9. The van der Waals surface area contributed by atoms with E-state index in [4.69, 9.17) is 4.74 Å². The number of amides is 2. The topological polar surface area (TPSA) is 104 Å². The van der Waals surface area contributed by atoms with Crippen LogP contribution < -0.4 is 10.9 Å². The number of carbonyl (C=O) groups is 2. The standard InChI is InChI=1S/C22H32N4O4S2/c1-13-14(2)32-21-18(13)20(28)24-17(25-21)12-31-15(3)22(29)26-9-6-16(7-10-26)19(27)23-8-5-11-30-4/h15-16H,5-12H2,1-4H3,(H,23,27)(H,24,25,28). The molecule has 1 saturated heterocycles.